The van der Waals surface area contributed by atoms with Gasteiger partial charge in [0, 0.05) is 12.0 Å². The number of carbonyl (C=O) groups is 1. The highest BCUT2D eigenvalue weighted by Gasteiger charge is 2.24. The van der Waals surface area contributed by atoms with E-state index in [0.717, 1.165) is 16.8 Å². The summed E-state index contributed by atoms with van der Waals surface area (Å²) in [5.41, 5.74) is 4.25. The molecule has 0 aliphatic rings. The molecule has 0 aliphatic carbocycles. The summed E-state index contributed by atoms with van der Waals surface area (Å²) in [6, 6.07) is 19.1. The molecule has 0 radical (unpaired) electrons. The minimum atomic E-state index is -0.739. The molecule has 8 nitrogen and oxygen atoms in total. The van der Waals surface area contributed by atoms with E-state index in [1.807, 2.05) is 66.9 Å². The Hall–Kier alpha value is -3.78. The van der Waals surface area contributed by atoms with Crippen LogP contribution in [0.15, 0.2) is 77.5 Å². The van der Waals surface area contributed by atoms with Gasteiger partial charge in [-0.05, 0) is 5.56 Å². The second-order valence-corrected chi connectivity index (χ2v) is 6.17. The number of nitrogens with one attached hydrogen (secondary N) is 1. The number of aromatic nitrogens is 4. The third kappa shape index (κ3) is 3.67. The Labute approximate surface area is 160 Å². The Morgan fingerprint density at radius 1 is 1.11 bits per heavy atom. The second-order valence-electron chi connectivity index (χ2n) is 6.17. The van der Waals surface area contributed by atoms with Crippen LogP contribution in [0.25, 0.3) is 11.3 Å². The molecule has 140 valence electrons. The van der Waals surface area contributed by atoms with E-state index in [1.54, 1.807) is 10.2 Å². The van der Waals surface area contributed by atoms with Crippen molar-refractivity contribution in [3.8, 4) is 11.3 Å². The highest BCUT2D eigenvalue weighted by atomic mass is 16.5. The Balaban J connectivity index is 1.70. The number of nitrogens with zero attached hydrogens (tertiary/aromatic N) is 4. The molecule has 0 saturated carbocycles. The molecular formula is C20H17N5O3. The predicted molar refractivity (Wildman–Crippen MR) is 99.5 cm³/mol. The van der Waals surface area contributed by atoms with E-state index in [9.17, 15) is 4.79 Å². The van der Waals surface area contributed by atoms with Crippen LogP contribution in [-0.4, -0.2) is 31.1 Å². The highest BCUT2D eigenvalue weighted by molar-refractivity contribution is 5.90. The molecule has 8 heteroatoms. The summed E-state index contributed by atoms with van der Waals surface area (Å²) in [6.45, 7) is 0. The molecule has 0 bridgehead atoms. The standard InChI is InChI=1S/C20H17N5O3/c26-19(23-27)17-13-28-20(21-17)18(11-14-7-3-1-4-8-14)25-12-16(22-24-25)15-9-5-2-6-10-15/h1-10,12-13,18,27H,11H2,(H,23,26)/t18-/m0/s1. The van der Waals surface area contributed by atoms with Crippen LogP contribution in [0.3, 0.4) is 0 Å². The molecular weight excluding hydrogens is 358 g/mol. The third-order valence-corrected chi connectivity index (χ3v) is 4.31. The van der Waals surface area contributed by atoms with Gasteiger partial charge < -0.3 is 4.42 Å². The highest BCUT2D eigenvalue weighted by Crippen LogP contribution is 2.24. The van der Waals surface area contributed by atoms with Crippen molar-refractivity contribution < 1.29 is 14.4 Å². The smallest absolute Gasteiger partial charge is 0.296 e. The van der Waals surface area contributed by atoms with E-state index in [-0.39, 0.29) is 5.69 Å². The fraction of sp³-hybridized carbons (Fsp3) is 0.100. The van der Waals surface area contributed by atoms with Crippen molar-refractivity contribution in [3.63, 3.8) is 0 Å². The van der Waals surface area contributed by atoms with Gasteiger partial charge in [-0.25, -0.2) is 15.1 Å². The first-order chi connectivity index (χ1) is 13.7. The zero-order valence-electron chi connectivity index (χ0n) is 14.8. The van der Waals surface area contributed by atoms with E-state index < -0.39 is 11.9 Å². The molecule has 4 aromatic rings. The van der Waals surface area contributed by atoms with Crippen molar-refractivity contribution in [1.82, 2.24) is 25.5 Å². The molecule has 0 fully saturated rings. The fourth-order valence-corrected chi connectivity index (χ4v) is 2.90. The van der Waals surface area contributed by atoms with E-state index >= 15 is 0 Å². The van der Waals surface area contributed by atoms with Gasteiger partial charge in [-0.15, -0.1) is 5.10 Å². The largest absolute Gasteiger partial charge is 0.446 e. The van der Waals surface area contributed by atoms with Gasteiger partial charge >= 0.3 is 0 Å². The molecule has 2 aromatic carbocycles. The molecule has 4 rings (SSSR count). The second kappa shape index (κ2) is 7.85. The normalized spacial score (nSPS) is 11.9. The number of rotatable bonds is 6. The summed E-state index contributed by atoms with van der Waals surface area (Å²) in [7, 11) is 0. The molecule has 2 N–H and O–H groups in total. The maximum atomic E-state index is 11.6. The van der Waals surface area contributed by atoms with Crippen LogP contribution >= 0.6 is 0 Å². The number of benzene rings is 2. The van der Waals surface area contributed by atoms with Gasteiger partial charge in [0.25, 0.3) is 5.91 Å². The zero-order valence-corrected chi connectivity index (χ0v) is 14.8. The molecule has 0 aliphatic heterocycles. The minimum absolute atomic E-state index is 0.0149. The Bertz CT molecular complexity index is 1060. The molecule has 28 heavy (non-hydrogen) atoms. The first-order valence-corrected chi connectivity index (χ1v) is 8.65. The van der Waals surface area contributed by atoms with Crippen molar-refractivity contribution in [2.24, 2.45) is 0 Å². The summed E-state index contributed by atoms with van der Waals surface area (Å²) >= 11 is 0. The van der Waals surface area contributed by atoms with Crippen molar-refractivity contribution in [3.05, 3.63) is 90.3 Å². The van der Waals surface area contributed by atoms with Gasteiger partial charge in [0.2, 0.25) is 5.89 Å². The molecule has 0 unspecified atom stereocenters. The molecule has 2 heterocycles. The van der Waals surface area contributed by atoms with Crippen molar-refractivity contribution in [2.75, 3.05) is 0 Å². The number of hydrogen-bond acceptors (Lipinski definition) is 6. The Kier molecular flexibility index (Phi) is 4.94. The number of amides is 1. The summed E-state index contributed by atoms with van der Waals surface area (Å²) in [4.78, 5) is 15.8. The average Bonchev–Trinajstić information content (AvgIpc) is 3.43. The summed E-state index contributed by atoms with van der Waals surface area (Å²) in [5.74, 6) is -0.441. The number of hydrogen-bond donors (Lipinski definition) is 2. The molecule has 2 aromatic heterocycles. The maximum Gasteiger partial charge on any atom is 0.296 e. The monoisotopic (exact) mass is 375 g/mol. The summed E-state index contributed by atoms with van der Waals surface area (Å²) in [6.07, 6.45) is 3.56. The van der Waals surface area contributed by atoms with E-state index in [4.69, 9.17) is 9.62 Å². The first-order valence-electron chi connectivity index (χ1n) is 8.65. The van der Waals surface area contributed by atoms with E-state index in [2.05, 4.69) is 15.3 Å². The zero-order chi connectivity index (χ0) is 19.3. The lowest BCUT2D eigenvalue weighted by atomic mass is 10.1. The van der Waals surface area contributed by atoms with Crippen molar-refractivity contribution >= 4 is 5.91 Å². The topological polar surface area (TPSA) is 106 Å². The molecule has 1 amide bonds. The SMILES string of the molecule is O=C(NO)c1coc([C@H](Cc2ccccc2)n2cc(-c3ccccc3)nn2)n1. The van der Waals surface area contributed by atoms with Crippen LogP contribution in [0.5, 0.6) is 0 Å². The van der Waals surface area contributed by atoms with Crippen molar-refractivity contribution in [2.45, 2.75) is 12.5 Å². The van der Waals surface area contributed by atoms with Crippen LogP contribution in [-0.2, 0) is 6.42 Å². The predicted octanol–water partition coefficient (Wildman–Crippen LogP) is 2.88. The van der Waals surface area contributed by atoms with Gasteiger partial charge in [-0.2, -0.15) is 0 Å². The summed E-state index contributed by atoms with van der Waals surface area (Å²) in [5, 5.41) is 17.3. The third-order valence-electron chi connectivity index (χ3n) is 4.31. The number of hydroxylamine groups is 1. The van der Waals surface area contributed by atoms with Gasteiger partial charge in [0.05, 0.1) is 6.20 Å². The molecule has 0 spiro atoms. The lowest BCUT2D eigenvalue weighted by molar-refractivity contribution is 0.0700. The lowest BCUT2D eigenvalue weighted by Crippen LogP contribution is -2.20. The van der Waals surface area contributed by atoms with Crippen molar-refractivity contribution in [1.29, 1.82) is 0 Å². The Morgan fingerprint density at radius 3 is 2.54 bits per heavy atom. The van der Waals surface area contributed by atoms with Crippen LogP contribution in [0.2, 0.25) is 0 Å². The quantitative estimate of drug-likeness (QED) is 0.396. The average molecular weight is 375 g/mol. The number of carbonyl (C=O) groups excluding carboxylic acids is 1. The van der Waals surface area contributed by atoms with Crippen LogP contribution in [0.4, 0.5) is 0 Å². The van der Waals surface area contributed by atoms with Crippen LogP contribution < -0.4 is 5.48 Å². The minimum Gasteiger partial charge on any atom is -0.446 e. The van der Waals surface area contributed by atoms with Gasteiger partial charge in [-0.1, -0.05) is 65.9 Å². The fourth-order valence-electron chi connectivity index (χ4n) is 2.90. The van der Waals surface area contributed by atoms with E-state index in [1.165, 1.54) is 6.26 Å². The maximum absolute atomic E-state index is 11.6. The molecule has 0 saturated heterocycles. The van der Waals surface area contributed by atoms with Gasteiger partial charge in [0.1, 0.15) is 18.0 Å². The van der Waals surface area contributed by atoms with Crippen LogP contribution in [0.1, 0.15) is 28.0 Å². The molecule has 1 atom stereocenters. The Morgan fingerprint density at radius 2 is 1.82 bits per heavy atom. The lowest BCUT2D eigenvalue weighted by Gasteiger charge is -2.13. The van der Waals surface area contributed by atoms with Gasteiger partial charge in [-0.3, -0.25) is 10.0 Å². The van der Waals surface area contributed by atoms with E-state index in [0.29, 0.717) is 12.3 Å². The van der Waals surface area contributed by atoms with Crippen LogP contribution in [0, 0.1) is 0 Å². The first kappa shape index (κ1) is 17.6. The summed E-state index contributed by atoms with van der Waals surface area (Å²) < 4.78 is 7.19. The van der Waals surface area contributed by atoms with Gasteiger partial charge in [0.15, 0.2) is 5.69 Å². The number of oxazole rings is 1.